The van der Waals surface area contributed by atoms with E-state index < -0.39 is 5.97 Å². The van der Waals surface area contributed by atoms with Crippen LogP contribution in [0.5, 0.6) is 0 Å². The Balaban J connectivity index is 2.25. The number of carbonyl (C=O) groups excluding carboxylic acids is 2. The molecule has 0 saturated carbocycles. The van der Waals surface area contributed by atoms with Crippen molar-refractivity contribution in [3.05, 3.63) is 0 Å². The fourth-order valence-electron chi connectivity index (χ4n) is 2.14. The summed E-state index contributed by atoms with van der Waals surface area (Å²) >= 11 is 0. The van der Waals surface area contributed by atoms with Gasteiger partial charge in [-0.15, -0.1) is 0 Å². The van der Waals surface area contributed by atoms with Crippen molar-refractivity contribution in [2.75, 3.05) is 40.3 Å². The maximum Gasteiger partial charge on any atom is 0.319 e. The van der Waals surface area contributed by atoms with Gasteiger partial charge in [0, 0.05) is 53.1 Å². The quantitative estimate of drug-likeness (QED) is 0.744. The fourth-order valence-corrected chi connectivity index (χ4v) is 2.14. The van der Waals surface area contributed by atoms with E-state index >= 15 is 0 Å². The molecular weight excluding hydrogens is 262 g/mol. The molecule has 1 aliphatic heterocycles. The minimum atomic E-state index is -0.826. The topological polar surface area (TPSA) is 81.2 Å². The maximum absolute atomic E-state index is 11.9. The van der Waals surface area contributed by atoms with Crippen LogP contribution in [0.3, 0.4) is 0 Å². The molecule has 1 N–H and O–H groups in total. The summed E-state index contributed by atoms with van der Waals surface area (Å²) in [4.78, 5) is 39.0. The van der Waals surface area contributed by atoms with Crippen LogP contribution in [-0.4, -0.2) is 78.0 Å². The summed E-state index contributed by atoms with van der Waals surface area (Å²) in [6, 6.07) is -0.0291. The number of hydrogen-bond acceptors (Lipinski definition) is 3. The number of nitrogens with zero attached hydrogens (tertiary/aromatic N) is 3. The normalized spacial score (nSPS) is 15.1. The van der Waals surface area contributed by atoms with Crippen LogP contribution in [0.25, 0.3) is 0 Å². The number of hydrogen-bond donors (Lipinski definition) is 1. The molecule has 3 amide bonds. The van der Waals surface area contributed by atoms with Gasteiger partial charge in [0.05, 0.1) is 0 Å². The van der Waals surface area contributed by atoms with Crippen LogP contribution in [0.4, 0.5) is 4.79 Å². The summed E-state index contributed by atoms with van der Waals surface area (Å²) in [7, 11) is 3.42. The predicted octanol–water partition coefficient (Wildman–Crippen LogP) is 0.457. The van der Waals surface area contributed by atoms with E-state index in [0.717, 1.165) is 0 Å². The van der Waals surface area contributed by atoms with Crippen molar-refractivity contribution < 1.29 is 19.5 Å². The Morgan fingerprint density at radius 3 is 1.95 bits per heavy atom. The van der Waals surface area contributed by atoms with Crippen LogP contribution in [0, 0.1) is 0 Å². The lowest BCUT2D eigenvalue weighted by Crippen LogP contribution is -2.52. The van der Waals surface area contributed by atoms with E-state index in [1.165, 1.54) is 4.90 Å². The number of aliphatic carboxylic acids is 1. The molecule has 0 atom stereocenters. The molecule has 0 bridgehead atoms. The van der Waals surface area contributed by atoms with Crippen molar-refractivity contribution in [3.63, 3.8) is 0 Å². The Morgan fingerprint density at radius 1 is 0.950 bits per heavy atom. The van der Waals surface area contributed by atoms with E-state index in [1.807, 2.05) is 0 Å². The van der Waals surface area contributed by atoms with Crippen molar-refractivity contribution in [2.24, 2.45) is 0 Å². The van der Waals surface area contributed by atoms with Crippen LogP contribution >= 0.6 is 0 Å². The van der Waals surface area contributed by atoms with Crippen molar-refractivity contribution in [2.45, 2.75) is 25.7 Å². The van der Waals surface area contributed by atoms with Gasteiger partial charge in [0.2, 0.25) is 5.91 Å². The summed E-state index contributed by atoms with van der Waals surface area (Å²) in [5.74, 6) is -0.777. The molecule has 1 aliphatic rings. The van der Waals surface area contributed by atoms with Gasteiger partial charge in [-0.25, -0.2) is 4.79 Å². The first kappa shape index (κ1) is 16.3. The highest BCUT2D eigenvalue weighted by molar-refractivity contribution is 5.77. The SMILES string of the molecule is CN(C)C(=O)N1CCN(C(=O)CCCCC(=O)O)CC1. The van der Waals surface area contributed by atoms with Gasteiger partial charge in [0.1, 0.15) is 0 Å². The smallest absolute Gasteiger partial charge is 0.319 e. The summed E-state index contributed by atoms with van der Waals surface area (Å²) in [5, 5.41) is 8.52. The first-order valence-electron chi connectivity index (χ1n) is 6.87. The number of amides is 3. The lowest BCUT2D eigenvalue weighted by atomic mass is 10.1. The van der Waals surface area contributed by atoms with E-state index in [-0.39, 0.29) is 18.4 Å². The molecule has 1 rings (SSSR count). The first-order chi connectivity index (χ1) is 9.41. The highest BCUT2D eigenvalue weighted by Crippen LogP contribution is 2.08. The second-order valence-electron chi connectivity index (χ2n) is 5.15. The van der Waals surface area contributed by atoms with Crippen LogP contribution in [0.2, 0.25) is 0 Å². The third kappa shape index (κ3) is 5.07. The lowest BCUT2D eigenvalue weighted by Gasteiger charge is -2.36. The van der Waals surface area contributed by atoms with Gasteiger partial charge in [0.15, 0.2) is 0 Å². The molecule has 7 heteroatoms. The van der Waals surface area contributed by atoms with Gasteiger partial charge in [0.25, 0.3) is 0 Å². The number of carboxylic acids is 1. The number of piperazine rings is 1. The van der Waals surface area contributed by atoms with E-state index in [1.54, 1.807) is 23.9 Å². The minimum Gasteiger partial charge on any atom is -0.481 e. The molecule has 0 unspecified atom stereocenters. The molecule has 1 heterocycles. The van der Waals surface area contributed by atoms with Crippen LogP contribution < -0.4 is 0 Å². The number of urea groups is 1. The van der Waals surface area contributed by atoms with Gasteiger partial charge in [-0.05, 0) is 12.8 Å². The molecule has 0 aliphatic carbocycles. The van der Waals surface area contributed by atoms with Gasteiger partial charge in [-0.3, -0.25) is 9.59 Å². The number of rotatable bonds is 5. The van der Waals surface area contributed by atoms with Gasteiger partial charge < -0.3 is 19.8 Å². The van der Waals surface area contributed by atoms with Crippen molar-refractivity contribution in [1.82, 2.24) is 14.7 Å². The molecule has 0 aromatic rings. The van der Waals surface area contributed by atoms with Crippen molar-refractivity contribution in [1.29, 1.82) is 0 Å². The zero-order valence-corrected chi connectivity index (χ0v) is 12.2. The first-order valence-corrected chi connectivity index (χ1v) is 6.87. The maximum atomic E-state index is 11.9. The molecule has 114 valence electrons. The molecular formula is C13H23N3O4. The zero-order chi connectivity index (χ0) is 15.1. The number of carboxylic acid groups (broad SMARTS) is 1. The molecule has 0 aromatic carbocycles. The predicted molar refractivity (Wildman–Crippen MR) is 73.3 cm³/mol. The van der Waals surface area contributed by atoms with Crippen molar-refractivity contribution >= 4 is 17.9 Å². The molecule has 20 heavy (non-hydrogen) atoms. The number of carbonyl (C=O) groups is 3. The summed E-state index contributed by atoms with van der Waals surface area (Å²) in [5.41, 5.74) is 0. The van der Waals surface area contributed by atoms with E-state index in [2.05, 4.69) is 0 Å². The van der Waals surface area contributed by atoms with Gasteiger partial charge >= 0.3 is 12.0 Å². The van der Waals surface area contributed by atoms with Crippen LogP contribution in [0.1, 0.15) is 25.7 Å². The highest BCUT2D eigenvalue weighted by Gasteiger charge is 2.24. The largest absolute Gasteiger partial charge is 0.481 e. The summed E-state index contributed by atoms with van der Waals surface area (Å²) in [6.07, 6.45) is 1.62. The minimum absolute atomic E-state index is 0.0291. The van der Waals surface area contributed by atoms with Crippen molar-refractivity contribution in [3.8, 4) is 0 Å². The summed E-state index contributed by atoms with van der Waals surface area (Å²) in [6.45, 7) is 2.21. The number of unbranched alkanes of at least 4 members (excludes halogenated alkanes) is 1. The van der Waals surface area contributed by atoms with Gasteiger partial charge in [-0.2, -0.15) is 0 Å². The lowest BCUT2D eigenvalue weighted by molar-refractivity contribution is -0.137. The standard InChI is InChI=1S/C13H23N3O4/c1-14(2)13(20)16-9-7-15(8-10-16)11(17)5-3-4-6-12(18)19/h3-10H2,1-2H3,(H,18,19). The zero-order valence-electron chi connectivity index (χ0n) is 12.2. The molecule has 1 fully saturated rings. The third-order valence-electron chi connectivity index (χ3n) is 3.32. The van der Waals surface area contributed by atoms with Gasteiger partial charge in [-0.1, -0.05) is 0 Å². The third-order valence-corrected chi connectivity index (χ3v) is 3.32. The van der Waals surface area contributed by atoms with Crippen LogP contribution in [0.15, 0.2) is 0 Å². The average Bonchev–Trinajstić information content (AvgIpc) is 2.42. The molecule has 0 radical (unpaired) electrons. The second-order valence-corrected chi connectivity index (χ2v) is 5.15. The molecule has 7 nitrogen and oxygen atoms in total. The molecule has 1 saturated heterocycles. The Morgan fingerprint density at radius 2 is 1.45 bits per heavy atom. The Hall–Kier alpha value is -1.79. The summed E-state index contributed by atoms with van der Waals surface area (Å²) < 4.78 is 0. The fraction of sp³-hybridized carbons (Fsp3) is 0.769. The Labute approximate surface area is 119 Å². The van der Waals surface area contributed by atoms with E-state index in [4.69, 9.17) is 5.11 Å². The van der Waals surface area contributed by atoms with E-state index in [9.17, 15) is 14.4 Å². The molecule has 0 spiro atoms. The Kier molecular flexibility index (Phi) is 6.27. The highest BCUT2D eigenvalue weighted by atomic mass is 16.4. The monoisotopic (exact) mass is 285 g/mol. The second kappa shape index (κ2) is 7.72. The Bertz CT molecular complexity index is 363. The average molecular weight is 285 g/mol. The molecule has 0 aromatic heterocycles. The van der Waals surface area contributed by atoms with Crippen LogP contribution in [-0.2, 0) is 9.59 Å². The van der Waals surface area contributed by atoms with E-state index in [0.29, 0.717) is 45.4 Å².